The molecule has 1 saturated carbocycles. The number of primary sulfonamides is 1. The Morgan fingerprint density at radius 3 is 2.69 bits per heavy atom. The SMILES string of the molecule is NS(=O)(=O)c1cccc(N2CC(C(=O)N3CC(=O)NC4CCCCC43)CC2=O)c1. The van der Waals surface area contributed by atoms with Crippen molar-refractivity contribution in [3.8, 4) is 0 Å². The number of benzene rings is 1. The molecule has 1 aromatic rings. The van der Waals surface area contributed by atoms with Gasteiger partial charge in [-0.3, -0.25) is 14.4 Å². The number of amides is 3. The van der Waals surface area contributed by atoms with E-state index in [-0.39, 0.29) is 54.2 Å². The van der Waals surface area contributed by atoms with Gasteiger partial charge in [0.1, 0.15) is 0 Å². The van der Waals surface area contributed by atoms with Gasteiger partial charge in [-0.15, -0.1) is 0 Å². The molecule has 0 spiro atoms. The van der Waals surface area contributed by atoms with Crippen LogP contribution in [0.1, 0.15) is 32.1 Å². The average Bonchev–Trinajstić information content (AvgIpc) is 3.08. The molecule has 0 bridgehead atoms. The average molecular weight is 420 g/mol. The Kier molecular flexibility index (Phi) is 5.07. The number of hydrogen-bond acceptors (Lipinski definition) is 5. The number of hydrogen-bond donors (Lipinski definition) is 2. The van der Waals surface area contributed by atoms with Gasteiger partial charge in [-0.1, -0.05) is 18.9 Å². The zero-order valence-corrected chi connectivity index (χ0v) is 16.7. The van der Waals surface area contributed by atoms with Gasteiger partial charge < -0.3 is 15.1 Å². The fourth-order valence-corrected chi connectivity index (χ4v) is 5.16. The number of nitrogens with one attached hydrogen (secondary N) is 1. The Labute approximate surface area is 169 Å². The predicted octanol–water partition coefficient (Wildman–Crippen LogP) is -0.0435. The second-order valence-corrected chi connectivity index (χ2v) is 9.50. The van der Waals surface area contributed by atoms with Crippen LogP contribution in [0, 0.1) is 5.92 Å². The number of carbonyl (C=O) groups is 3. The highest BCUT2D eigenvalue weighted by Crippen LogP contribution is 2.31. The first-order valence-corrected chi connectivity index (χ1v) is 11.3. The molecule has 156 valence electrons. The van der Waals surface area contributed by atoms with Crippen molar-refractivity contribution in [2.45, 2.75) is 49.1 Å². The largest absolute Gasteiger partial charge is 0.350 e. The van der Waals surface area contributed by atoms with Crippen LogP contribution >= 0.6 is 0 Å². The van der Waals surface area contributed by atoms with E-state index in [2.05, 4.69) is 5.32 Å². The number of rotatable bonds is 3. The van der Waals surface area contributed by atoms with Crippen LogP contribution in [0.4, 0.5) is 5.69 Å². The molecule has 0 radical (unpaired) electrons. The molecule has 9 nitrogen and oxygen atoms in total. The van der Waals surface area contributed by atoms with Gasteiger partial charge >= 0.3 is 0 Å². The van der Waals surface area contributed by atoms with Gasteiger partial charge in [0.05, 0.1) is 23.4 Å². The van der Waals surface area contributed by atoms with Gasteiger partial charge in [0.25, 0.3) is 0 Å². The molecule has 2 aliphatic heterocycles. The maximum Gasteiger partial charge on any atom is 0.239 e. The van der Waals surface area contributed by atoms with Gasteiger partial charge in [-0.05, 0) is 31.0 Å². The minimum absolute atomic E-state index is 0.0194. The molecule has 4 rings (SSSR count). The molecule has 2 heterocycles. The van der Waals surface area contributed by atoms with Crippen LogP contribution in [0.2, 0.25) is 0 Å². The Bertz CT molecular complexity index is 963. The van der Waals surface area contributed by atoms with Crippen molar-refractivity contribution in [3.05, 3.63) is 24.3 Å². The molecular weight excluding hydrogens is 396 g/mol. The first-order chi connectivity index (χ1) is 13.7. The van der Waals surface area contributed by atoms with Crippen molar-refractivity contribution in [3.63, 3.8) is 0 Å². The van der Waals surface area contributed by atoms with Crippen molar-refractivity contribution < 1.29 is 22.8 Å². The fraction of sp³-hybridized carbons (Fsp3) is 0.526. The summed E-state index contributed by atoms with van der Waals surface area (Å²) in [4.78, 5) is 40.8. The topological polar surface area (TPSA) is 130 Å². The fourth-order valence-electron chi connectivity index (χ4n) is 4.60. The number of sulfonamides is 1. The lowest BCUT2D eigenvalue weighted by atomic mass is 9.86. The van der Waals surface area contributed by atoms with E-state index in [0.29, 0.717) is 5.69 Å². The van der Waals surface area contributed by atoms with Crippen LogP contribution in [0.25, 0.3) is 0 Å². The molecule has 10 heteroatoms. The van der Waals surface area contributed by atoms with Crippen molar-refractivity contribution >= 4 is 33.4 Å². The molecule has 1 aliphatic carbocycles. The highest BCUT2D eigenvalue weighted by Gasteiger charge is 2.44. The molecule has 29 heavy (non-hydrogen) atoms. The number of piperazine rings is 1. The maximum absolute atomic E-state index is 13.2. The Hall–Kier alpha value is -2.46. The summed E-state index contributed by atoms with van der Waals surface area (Å²) < 4.78 is 23.2. The van der Waals surface area contributed by atoms with E-state index in [1.807, 2.05) is 0 Å². The van der Waals surface area contributed by atoms with Crippen molar-refractivity contribution in [2.24, 2.45) is 11.1 Å². The van der Waals surface area contributed by atoms with Crippen LogP contribution in [0.15, 0.2) is 29.2 Å². The zero-order chi connectivity index (χ0) is 20.8. The van der Waals surface area contributed by atoms with E-state index in [0.717, 1.165) is 25.7 Å². The lowest BCUT2D eigenvalue weighted by molar-refractivity contribution is -0.147. The molecule has 0 aromatic heterocycles. The number of nitrogens with zero attached hydrogens (tertiary/aromatic N) is 2. The summed E-state index contributed by atoms with van der Waals surface area (Å²) in [5.41, 5.74) is 0.392. The molecule has 3 fully saturated rings. The van der Waals surface area contributed by atoms with Gasteiger partial charge in [0, 0.05) is 24.7 Å². The first-order valence-electron chi connectivity index (χ1n) is 9.77. The smallest absolute Gasteiger partial charge is 0.239 e. The zero-order valence-electron chi connectivity index (χ0n) is 15.9. The van der Waals surface area contributed by atoms with Crippen LogP contribution < -0.4 is 15.4 Å². The molecular formula is C19H24N4O5S. The van der Waals surface area contributed by atoms with Crippen LogP contribution in [-0.2, 0) is 24.4 Å². The standard InChI is InChI=1S/C19H24N4O5S/c20-29(27,28)14-5-3-4-13(9-14)22-10-12(8-18(22)25)19(26)23-11-17(24)21-15-6-1-2-7-16(15)23/h3-5,9,12,15-16H,1-2,6-8,10-11H2,(H,21,24)(H2,20,27,28). The first kappa shape index (κ1) is 19.8. The molecule has 3 N–H and O–H groups in total. The van der Waals surface area contributed by atoms with E-state index in [9.17, 15) is 22.8 Å². The van der Waals surface area contributed by atoms with Gasteiger partial charge in [0.15, 0.2) is 0 Å². The summed E-state index contributed by atoms with van der Waals surface area (Å²) in [6, 6.07) is 5.78. The molecule has 3 amide bonds. The van der Waals surface area contributed by atoms with E-state index in [1.54, 1.807) is 11.0 Å². The Morgan fingerprint density at radius 1 is 1.17 bits per heavy atom. The van der Waals surface area contributed by atoms with E-state index >= 15 is 0 Å². The van der Waals surface area contributed by atoms with Crippen LogP contribution in [0.5, 0.6) is 0 Å². The van der Waals surface area contributed by atoms with Crippen molar-refractivity contribution in [1.29, 1.82) is 0 Å². The number of fused-ring (bicyclic) bond motifs is 1. The van der Waals surface area contributed by atoms with Crippen molar-refractivity contribution in [1.82, 2.24) is 10.2 Å². The monoisotopic (exact) mass is 420 g/mol. The van der Waals surface area contributed by atoms with Gasteiger partial charge in [-0.2, -0.15) is 0 Å². The second-order valence-electron chi connectivity index (χ2n) is 7.94. The highest BCUT2D eigenvalue weighted by atomic mass is 32.2. The lowest BCUT2D eigenvalue weighted by Crippen LogP contribution is -2.63. The summed E-state index contributed by atoms with van der Waals surface area (Å²) >= 11 is 0. The Morgan fingerprint density at radius 2 is 1.93 bits per heavy atom. The third kappa shape index (κ3) is 3.86. The minimum Gasteiger partial charge on any atom is -0.350 e. The summed E-state index contributed by atoms with van der Waals surface area (Å²) in [5.74, 6) is -1.16. The highest BCUT2D eigenvalue weighted by molar-refractivity contribution is 7.89. The number of nitrogens with two attached hydrogens (primary N) is 1. The van der Waals surface area contributed by atoms with Crippen molar-refractivity contribution in [2.75, 3.05) is 18.0 Å². The third-order valence-corrected chi connectivity index (χ3v) is 6.92. The van der Waals surface area contributed by atoms with Gasteiger partial charge in [0.2, 0.25) is 27.7 Å². The predicted molar refractivity (Wildman–Crippen MR) is 104 cm³/mol. The van der Waals surface area contributed by atoms with E-state index < -0.39 is 15.9 Å². The number of carbonyl (C=O) groups excluding carboxylic acids is 3. The minimum atomic E-state index is -3.90. The van der Waals surface area contributed by atoms with E-state index in [1.165, 1.54) is 23.1 Å². The summed E-state index contributed by atoms with van der Waals surface area (Å²) in [7, 11) is -3.90. The molecule has 1 aromatic carbocycles. The van der Waals surface area contributed by atoms with Gasteiger partial charge in [-0.25, -0.2) is 13.6 Å². The quantitative estimate of drug-likeness (QED) is 0.708. The van der Waals surface area contributed by atoms with Crippen LogP contribution in [-0.4, -0.2) is 56.2 Å². The lowest BCUT2D eigenvalue weighted by Gasteiger charge is -2.44. The third-order valence-electron chi connectivity index (χ3n) is 6.01. The van der Waals surface area contributed by atoms with E-state index in [4.69, 9.17) is 5.14 Å². The van der Waals surface area contributed by atoms with Crippen LogP contribution in [0.3, 0.4) is 0 Å². The summed E-state index contributed by atoms with van der Waals surface area (Å²) in [6.07, 6.45) is 3.78. The number of anilines is 1. The molecule has 3 atom stereocenters. The maximum atomic E-state index is 13.2. The molecule has 3 aliphatic rings. The normalized spacial score (nSPS) is 27.6. The summed E-state index contributed by atoms with van der Waals surface area (Å²) in [6.45, 7) is 0.173. The Balaban J connectivity index is 1.53. The summed E-state index contributed by atoms with van der Waals surface area (Å²) in [5, 5.41) is 8.16. The molecule has 2 saturated heterocycles. The second kappa shape index (κ2) is 7.42. The molecule has 3 unspecified atom stereocenters.